The average molecular weight is 604 g/mol. The van der Waals surface area contributed by atoms with Crippen molar-refractivity contribution in [2.24, 2.45) is 0 Å². The molecule has 2 N–H and O–H groups in total. The normalized spacial score (nSPS) is 11.2. The molecule has 224 valence electrons. The van der Waals surface area contributed by atoms with Gasteiger partial charge in [0.05, 0.1) is 11.1 Å². The highest BCUT2D eigenvalue weighted by Crippen LogP contribution is 2.38. The van der Waals surface area contributed by atoms with E-state index in [4.69, 9.17) is 10.0 Å². The van der Waals surface area contributed by atoms with Crippen LogP contribution < -0.4 is 5.46 Å². The molecular formula is C29H23BF10O2. The molecule has 4 aromatic rings. The van der Waals surface area contributed by atoms with E-state index in [1.54, 1.807) is 13.8 Å². The molecule has 4 rings (SSSR count). The number of alkyl halides is 6. The number of halogens is 10. The Morgan fingerprint density at radius 3 is 1.31 bits per heavy atom. The fraction of sp³-hybridized carbons (Fsp3) is 0.172. The predicted octanol–water partition coefficient (Wildman–Crippen LogP) is 7.93. The van der Waals surface area contributed by atoms with Gasteiger partial charge in [-0.15, -0.1) is 0 Å². The molecule has 0 aliphatic rings. The summed E-state index contributed by atoms with van der Waals surface area (Å²) < 4.78 is 126. The van der Waals surface area contributed by atoms with Gasteiger partial charge in [-0.3, -0.25) is 0 Å². The Kier molecular flexibility index (Phi) is 11.4. The summed E-state index contributed by atoms with van der Waals surface area (Å²) in [6.45, 7) is 4.93. The first-order chi connectivity index (χ1) is 19.3. The van der Waals surface area contributed by atoms with Gasteiger partial charge in [0.1, 0.15) is 0 Å². The zero-order valence-corrected chi connectivity index (χ0v) is 22.2. The number of benzene rings is 4. The first-order valence-electron chi connectivity index (χ1n) is 11.9. The molecule has 0 spiro atoms. The highest BCUT2D eigenvalue weighted by molar-refractivity contribution is 6.59. The van der Waals surface area contributed by atoms with Crippen LogP contribution in [0.1, 0.15) is 27.8 Å². The van der Waals surface area contributed by atoms with Crippen LogP contribution in [0.3, 0.4) is 0 Å². The first-order valence-corrected chi connectivity index (χ1v) is 11.9. The van der Waals surface area contributed by atoms with Crippen LogP contribution in [0.4, 0.5) is 43.9 Å². The lowest BCUT2D eigenvalue weighted by Gasteiger charge is -2.14. The quantitative estimate of drug-likeness (QED) is 0.180. The molecule has 0 bridgehead atoms. The number of hydrogen-bond acceptors (Lipinski definition) is 2. The minimum absolute atomic E-state index is 0.0341. The molecule has 0 aliphatic carbocycles. The van der Waals surface area contributed by atoms with Gasteiger partial charge in [0.15, 0.2) is 23.3 Å². The van der Waals surface area contributed by atoms with Crippen molar-refractivity contribution in [2.75, 3.05) is 0 Å². The zero-order chi connectivity index (χ0) is 32.0. The highest BCUT2D eigenvalue weighted by Gasteiger charge is 2.36. The summed E-state index contributed by atoms with van der Waals surface area (Å²) in [6.07, 6.45) is -9.10. The lowest BCUT2D eigenvalue weighted by molar-refractivity contribution is -0.137. The van der Waals surface area contributed by atoms with Crippen molar-refractivity contribution in [3.63, 3.8) is 0 Å². The number of rotatable bonds is 2. The Labute approximate surface area is 235 Å². The van der Waals surface area contributed by atoms with Crippen molar-refractivity contribution in [1.29, 1.82) is 0 Å². The lowest BCUT2D eigenvalue weighted by atomic mass is 9.77. The standard InChI is InChI=1S/C14H9F5.C8H8F2.C7H6BF3O2/c1-8-6-12(15)13(16)7-10(8)9-4-2-3-5-11(9)14(17,18)19;1-5-3-7(9)8(10)4-6(5)2;9-7(10,11)5-3-1-2-4-6(5)8(12)13/h2-7H,1H3;3-4H,1-2H3;1-4,12-13H. The van der Waals surface area contributed by atoms with Crippen LogP contribution in [-0.4, -0.2) is 17.2 Å². The summed E-state index contributed by atoms with van der Waals surface area (Å²) in [4.78, 5) is 0. The molecule has 13 heteroatoms. The van der Waals surface area contributed by atoms with Crippen LogP contribution in [-0.2, 0) is 12.4 Å². The Morgan fingerprint density at radius 1 is 0.500 bits per heavy atom. The minimum Gasteiger partial charge on any atom is -0.423 e. The maximum Gasteiger partial charge on any atom is 0.489 e. The van der Waals surface area contributed by atoms with Crippen LogP contribution in [0.2, 0.25) is 0 Å². The molecule has 0 aromatic heterocycles. The largest absolute Gasteiger partial charge is 0.489 e. The van der Waals surface area contributed by atoms with E-state index in [0.29, 0.717) is 0 Å². The van der Waals surface area contributed by atoms with E-state index in [1.807, 2.05) is 0 Å². The first kappa shape index (κ1) is 34.4. The van der Waals surface area contributed by atoms with Crippen molar-refractivity contribution in [3.05, 3.63) is 124 Å². The van der Waals surface area contributed by atoms with Gasteiger partial charge in [0, 0.05) is 0 Å². The maximum atomic E-state index is 13.2. The Bertz CT molecular complexity index is 1470. The Morgan fingerprint density at radius 2 is 0.881 bits per heavy atom. The van der Waals surface area contributed by atoms with Gasteiger partial charge in [0.2, 0.25) is 0 Å². The van der Waals surface area contributed by atoms with E-state index in [1.165, 1.54) is 49.4 Å². The van der Waals surface area contributed by atoms with E-state index < -0.39 is 59.3 Å². The van der Waals surface area contributed by atoms with Crippen molar-refractivity contribution < 1.29 is 54.0 Å². The fourth-order valence-electron chi connectivity index (χ4n) is 3.63. The second-order valence-electron chi connectivity index (χ2n) is 8.93. The highest BCUT2D eigenvalue weighted by atomic mass is 19.4. The molecule has 0 saturated heterocycles. The van der Waals surface area contributed by atoms with Crippen molar-refractivity contribution in [1.82, 2.24) is 0 Å². The average Bonchev–Trinajstić information content (AvgIpc) is 2.89. The Balaban J connectivity index is 0.000000234. The van der Waals surface area contributed by atoms with E-state index in [0.717, 1.165) is 41.5 Å². The third kappa shape index (κ3) is 9.08. The van der Waals surface area contributed by atoms with Crippen molar-refractivity contribution in [3.8, 4) is 11.1 Å². The molecule has 2 nitrogen and oxygen atoms in total. The summed E-state index contributed by atoms with van der Waals surface area (Å²) in [5.74, 6) is -3.80. The van der Waals surface area contributed by atoms with Crippen LogP contribution in [0, 0.1) is 44.0 Å². The number of hydrogen-bond donors (Lipinski definition) is 2. The van der Waals surface area contributed by atoms with Crippen LogP contribution in [0.25, 0.3) is 11.1 Å². The summed E-state index contributed by atoms with van der Waals surface area (Å²) in [6, 6.07) is 13.2. The molecule has 0 radical (unpaired) electrons. The summed E-state index contributed by atoms with van der Waals surface area (Å²) in [5, 5.41) is 17.2. The van der Waals surface area contributed by atoms with Crippen LogP contribution in [0.15, 0.2) is 72.8 Å². The van der Waals surface area contributed by atoms with Gasteiger partial charge >= 0.3 is 19.5 Å². The van der Waals surface area contributed by atoms with E-state index >= 15 is 0 Å². The molecule has 0 unspecified atom stereocenters. The molecule has 0 aliphatic heterocycles. The van der Waals surface area contributed by atoms with Gasteiger partial charge in [-0.2, -0.15) is 26.3 Å². The third-order valence-electron chi connectivity index (χ3n) is 5.87. The zero-order valence-electron chi connectivity index (χ0n) is 22.2. The number of aryl methyl sites for hydroxylation is 3. The minimum atomic E-state index is -4.56. The van der Waals surface area contributed by atoms with Gasteiger partial charge in [-0.1, -0.05) is 42.5 Å². The Hall–Kier alpha value is -3.84. The second-order valence-corrected chi connectivity index (χ2v) is 8.93. The molecule has 4 aromatic carbocycles. The molecular weight excluding hydrogens is 581 g/mol. The molecule has 0 amide bonds. The molecule has 0 heterocycles. The topological polar surface area (TPSA) is 40.5 Å². The summed E-state index contributed by atoms with van der Waals surface area (Å²) >= 11 is 0. The lowest BCUT2D eigenvalue weighted by Crippen LogP contribution is -2.35. The molecule has 0 fully saturated rings. The van der Waals surface area contributed by atoms with Gasteiger partial charge in [-0.05, 0) is 84.4 Å². The molecule has 42 heavy (non-hydrogen) atoms. The second kappa shape index (κ2) is 13.9. The van der Waals surface area contributed by atoms with Crippen molar-refractivity contribution >= 4 is 12.6 Å². The van der Waals surface area contributed by atoms with Gasteiger partial charge in [0.25, 0.3) is 0 Å². The smallest absolute Gasteiger partial charge is 0.423 e. The van der Waals surface area contributed by atoms with Gasteiger partial charge < -0.3 is 10.0 Å². The predicted molar refractivity (Wildman–Crippen MR) is 139 cm³/mol. The van der Waals surface area contributed by atoms with E-state index in [9.17, 15) is 43.9 Å². The fourth-order valence-corrected chi connectivity index (χ4v) is 3.63. The summed E-state index contributed by atoms with van der Waals surface area (Å²) in [7, 11) is -2.10. The summed E-state index contributed by atoms with van der Waals surface area (Å²) in [5.41, 5.74) is -0.754. The third-order valence-corrected chi connectivity index (χ3v) is 5.87. The molecule has 0 saturated carbocycles. The monoisotopic (exact) mass is 604 g/mol. The molecule has 0 atom stereocenters. The van der Waals surface area contributed by atoms with Crippen LogP contribution in [0.5, 0.6) is 0 Å². The van der Waals surface area contributed by atoms with Gasteiger partial charge in [-0.25, -0.2) is 17.6 Å². The van der Waals surface area contributed by atoms with Crippen molar-refractivity contribution in [2.45, 2.75) is 33.1 Å². The maximum absolute atomic E-state index is 13.2. The SMILES string of the molecule is Cc1cc(F)c(F)cc1-c1ccccc1C(F)(F)F.Cc1cc(F)c(F)cc1C.OB(O)c1ccccc1C(F)(F)F. The van der Waals surface area contributed by atoms with Crippen LogP contribution >= 0.6 is 0 Å². The van der Waals surface area contributed by atoms with E-state index in [-0.39, 0.29) is 16.7 Å². The van der Waals surface area contributed by atoms with E-state index in [2.05, 4.69) is 0 Å².